The van der Waals surface area contributed by atoms with Gasteiger partial charge in [-0.3, -0.25) is 9.13 Å². The first-order valence-electron chi connectivity index (χ1n) is 11.7. The first-order valence-corrected chi connectivity index (χ1v) is 12.5. The fourth-order valence-corrected chi connectivity index (χ4v) is 3.90. The molecule has 2 aromatic carbocycles. The van der Waals surface area contributed by atoms with Crippen LogP contribution >= 0.6 is 24.4 Å². The fourth-order valence-electron chi connectivity index (χ4n) is 3.27. The second-order valence-corrected chi connectivity index (χ2v) is 8.77. The Morgan fingerprint density at radius 1 is 0.780 bits per heavy atom. The van der Waals surface area contributed by atoms with Crippen molar-refractivity contribution in [2.45, 2.75) is 33.9 Å². The summed E-state index contributed by atoms with van der Waals surface area (Å²) in [5.41, 5.74) is 3.93. The standard InChI is InChI=1S/C12H14N4O2S.C11H12N6O3S.Ni/c1-3-16-11(18)10(13-12(16)19)15-14-8-6-7(2)4-5-9(8)17;1-2-17-10(19)9(12-11(17)21)15-14-7-5-6(13-16-20)3-4-8(7)18;/h4-6,17-18H,3H2,1-2H3,(H,13,19);3-5,18-19H,2H2,1H3,(H,12,21)(H,13,20);. The number of aromatic nitrogens is 4. The minimum atomic E-state index is -0.144. The van der Waals surface area contributed by atoms with Crippen LogP contribution in [0.4, 0.5) is 28.7 Å². The molecule has 0 aliphatic carbocycles. The maximum Gasteiger partial charge on any atom is 0.239 e. The number of hydrogen-bond acceptors (Lipinski definition) is 12. The van der Waals surface area contributed by atoms with E-state index in [0.717, 1.165) is 5.56 Å². The summed E-state index contributed by atoms with van der Waals surface area (Å²) in [7, 11) is 0. The molecular weight excluding hydrogens is 619 g/mol. The van der Waals surface area contributed by atoms with Gasteiger partial charge in [0.2, 0.25) is 23.4 Å². The van der Waals surface area contributed by atoms with Crippen molar-refractivity contribution in [1.82, 2.24) is 19.1 Å². The van der Waals surface area contributed by atoms with Crippen LogP contribution < -0.4 is 5.43 Å². The number of phenolic OH excluding ortho intramolecular Hbond substituents is 2. The van der Waals surface area contributed by atoms with Gasteiger partial charge in [-0.25, -0.2) is 5.43 Å². The summed E-state index contributed by atoms with van der Waals surface area (Å²) in [6.45, 7) is 6.57. The van der Waals surface area contributed by atoms with Crippen LogP contribution in [0, 0.1) is 21.4 Å². The third-order valence-electron chi connectivity index (χ3n) is 5.30. The molecule has 0 bridgehead atoms. The third-order valence-corrected chi connectivity index (χ3v) is 5.95. The van der Waals surface area contributed by atoms with Crippen LogP contribution in [0.1, 0.15) is 19.4 Å². The monoisotopic (exact) mass is 644 g/mol. The zero-order valence-corrected chi connectivity index (χ0v) is 24.5. The summed E-state index contributed by atoms with van der Waals surface area (Å²) in [6.07, 6.45) is 0. The number of anilines is 1. The number of azo groups is 2. The van der Waals surface area contributed by atoms with Crippen LogP contribution in [0.15, 0.2) is 62.1 Å². The molecule has 4 aromatic rings. The number of nitroso groups, excluding NO2 is 1. The van der Waals surface area contributed by atoms with E-state index in [1.54, 1.807) is 18.2 Å². The maximum absolute atomic E-state index is 10.1. The molecule has 0 spiro atoms. The van der Waals surface area contributed by atoms with Gasteiger partial charge >= 0.3 is 0 Å². The Morgan fingerprint density at radius 2 is 1.24 bits per heavy atom. The second-order valence-electron chi connectivity index (χ2n) is 7.99. The molecule has 4 rings (SSSR count). The Morgan fingerprint density at radius 3 is 1.68 bits per heavy atom. The predicted molar refractivity (Wildman–Crippen MR) is 153 cm³/mol. The van der Waals surface area contributed by atoms with E-state index in [0.29, 0.717) is 34.0 Å². The minimum Gasteiger partial charge on any atom is -0.506 e. The van der Waals surface area contributed by atoms with Crippen molar-refractivity contribution in [3.63, 3.8) is 0 Å². The topological polar surface area (TPSA) is 213 Å². The van der Waals surface area contributed by atoms with Crippen LogP contribution in [0.25, 0.3) is 0 Å². The van der Waals surface area contributed by atoms with E-state index >= 15 is 0 Å². The molecule has 15 nitrogen and oxygen atoms in total. The zero-order chi connectivity index (χ0) is 29.4. The molecule has 0 amide bonds. The largest absolute Gasteiger partial charge is 0.506 e. The number of aromatic amines is 2. The van der Waals surface area contributed by atoms with E-state index in [-0.39, 0.29) is 57.1 Å². The van der Waals surface area contributed by atoms with E-state index in [1.165, 1.54) is 27.3 Å². The summed E-state index contributed by atoms with van der Waals surface area (Å²) >= 11 is 10.0. The fraction of sp³-hybridized carbons (Fsp3) is 0.217. The van der Waals surface area contributed by atoms with Crippen LogP contribution in [-0.4, -0.2) is 39.5 Å². The number of benzene rings is 2. The molecule has 0 radical (unpaired) electrons. The van der Waals surface area contributed by atoms with Gasteiger partial charge in [0.1, 0.15) is 22.9 Å². The van der Waals surface area contributed by atoms with Crippen LogP contribution in [0.5, 0.6) is 23.3 Å². The van der Waals surface area contributed by atoms with Gasteiger partial charge in [-0.1, -0.05) is 6.07 Å². The molecule has 7 N–H and O–H groups in total. The van der Waals surface area contributed by atoms with Gasteiger partial charge in [0.05, 0.1) is 11.0 Å². The normalized spacial score (nSPS) is 10.8. The smallest absolute Gasteiger partial charge is 0.239 e. The molecule has 0 saturated heterocycles. The van der Waals surface area contributed by atoms with Crippen molar-refractivity contribution in [3.05, 3.63) is 56.4 Å². The molecule has 0 saturated carbocycles. The first-order chi connectivity index (χ1) is 19.1. The summed E-state index contributed by atoms with van der Waals surface area (Å²) in [4.78, 5) is 15.6. The predicted octanol–water partition coefficient (Wildman–Crippen LogP) is 7.18. The molecule has 0 aliphatic rings. The van der Waals surface area contributed by atoms with Crippen molar-refractivity contribution in [2.24, 2.45) is 25.7 Å². The van der Waals surface area contributed by atoms with Gasteiger partial charge in [-0.15, -0.1) is 25.4 Å². The van der Waals surface area contributed by atoms with E-state index < -0.39 is 0 Å². The van der Waals surface area contributed by atoms with Crippen molar-refractivity contribution >= 4 is 53.1 Å². The Balaban J connectivity index is 0.000000281. The number of phenols is 2. The Hall–Kier alpha value is -4.41. The van der Waals surface area contributed by atoms with Gasteiger partial charge < -0.3 is 30.4 Å². The molecule has 0 aliphatic heterocycles. The Labute approximate surface area is 253 Å². The SMILES string of the molecule is CCn1c(O)c(N=Nc2cc(C)ccc2O)[nH]c1=S.CCn1c(O)c(N=Nc2cc(NN=O)ccc2O)[nH]c1=S.[Ni]. The van der Waals surface area contributed by atoms with E-state index in [2.05, 4.69) is 41.1 Å². The van der Waals surface area contributed by atoms with Crippen molar-refractivity contribution < 1.29 is 36.9 Å². The van der Waals surface area contributed by atoms with Gasteiger partial charge in [0, 0.05) is 29.6 Å². The minimum absolute atomic E-state index is 0. The summed E-state index contributed by atoms with van der Waals surface area (Å²) in [5, 5.41) is 57.0. The van der Waals surface area contributed by atoms with E-state index in [1.807, 2.05) is 20.8 Å². The molecule has 18 heteroatoms. The molecule has 41 heavy (non-hydrogen) atoms. The molecule has 0 atom stereocenters. The van der Waals surface area contributed by atoms with Gasteiger partial charge in [-0.2, -0.15) is 0 Å². The molecule has 0 fully saturated rings. The molecule has 220 valence electrons. The quantitative estimate of drug-likeness (QED) is 0.0260. The number of rotatable bonds is 8. The van der Waals surface area contributed by atoms with Gasteiger partial charge in [0.15, 0.2) is 9.54 Å². The number of nitrogens with zero attached hydrogens (tertiary/aromatic N) is 7. The van der Waals surface area contributed by atoms with Crippen molar-refractivity contribution in [1.29, 1.82) is 0 Å². The number of nitrogens with one attached hydrogen (secondary N) is 3. The maximum atomic E-state index is 10.1. The van der Waals surface area contributed by atoms with Crippen molar-refractivity contribution in [3.8, 4) is 23.3 Å². The second kappa shape index (κ2) is 14.8. The van der Waals surface area contributed by atoms with Crippen LogP contribution in [0.2, 0.25) is 0 Å². The number of aromatic hydroxyl groups is 4. The summed E-state index contributed by atoms with van der Waals surface area (Å²) < 4.78 is 3.63. The van der Waals surface area contributed by atoms with Crippen molar-refractivity contribution in [2.75, 3.05) is 5.43 Å². The number of aryl methyl sites for hydroxylation is 1. The van der Waals surface area contributed by atoms with Crippen LogP contribution in [0.3, 0.4) is 0 Å². The Bertz CT molecular complexity index is 1690. The van der Waals surface area contributed by atoms with Gasteiger partial charge in [0.25, 0.3) is 0 Å². The molecule has 0 unspecified atom stereocenters. The zero-order valence-electron chi connectivity index (χ0n) is 21.8. The van der Waals surface area contributed by atoms with E-state index in [4.69, 9.17) is 24.4 Å². The molecule has 2 heterocycles. The molecular formula is C23H26N10NiO5S2. The number of imidazole rings is 2. The Kier molecular flexibility index (Phi) is 11.9. The average Bonchev–Trinajstić information content (AvgIpc) is 3.36. The van der Waals surface area contributed by atoms with Gasteiger partial charge in [-0.05, 0) is 81.1 Å². The average molecular weight is 645 g/mol. The van der Waals surface area contributed by atoms with E-state index in [9.17, 15) is 25.3 Å². The number of H-pyrrole nitrogens is 2. The summed E-state index contributed by atoms with van der Waals surface area (Å²) in [6, 6.07) is 9.18. The third kappa shape index (κ3) is 8.06. The first kappa shape index (κ1) is 32.8. The number of hydrogen-bond donors (Lipinski definition) is 7. The molecule has 2 aromatic heterocycles. The van der Waals surface area contributed by atoms with Crippen LogP contribution in [-0.2, 0) is 29.6 Å². The summed E-state index contributed by atoms with van der Waals surface area (Å²) in [5.74, 6) is -0.0654.